The summed E-state index contributed by atoms with van der Waals surface area (Å²) in [6, 6.07) is -0.756. The van der Waals surface area contributed by atoms with Gasteiger partial charge in [-0.25, -0.2) is 0 Å². The van der Waals surface area contributed by atoms with Crippen molar-refractivity contribution in [1.29, 1.82) is 0 Å². The molecule has 10 heavy (non-hydrogen) atoms. The van der Waals surface area contributed by atoms with E-state index in [-0.39, 0.29) is 5.92 Å². The molecule has 0 aromatic rings. The lowest BCUT2D eigenvalue weighted by atomic mass is 10.0. The highest BCUT2D eigenvalue weighted by Crippen LogP contribution is 2.04. The lowest BCUT2D eigenvalue weighted by Crippen LogP contribution is -2.31. The fourth-order valence-electron chi connectivity index (χ4n) is 0.598. The first-order valence-corrected chi connectivity index (χ1v) is 3.19. The summed E-state index contributed by atoms with van der Waals surface area (Å²) in [4.78, 5) is 10.2. The van der Waals surface area contributed by atoms with Crippen LogP contribution in [0.25, 0.3) is 0 Å². The van der Waals surface area contributed by atoms with Crippen molar-refractivity contribution in [2.24, 2.45) is 11.7 Å². The molecule has 0 spiro atoms. The first-order chi connectivity index (χ1) is 4.57. The van der Waals surface area contributed by atoms with Gasteiger partial charge in [-0.2, -0.15) is 0 Å². The largest absolute Gasteiger partial charge is 0.480 e. The van der Waals surface area contributed by atoms with Crippen LogP contribution in [0.15, 0.2) is 12.7 Å². The average Bonchev–Trinajstić information content (AvgIpc) is 1.87. The summed E-state index contributed by atoms with van der Waals surface area (Å²) >= 11 is 0. The molecular formula is C7H13NO2. The van der Waals surface area contributed by atoms with E-state index in [1.165, 1.54) is 0 Å². The van der Waals surface area contributed by atoms with E-state index in [1.54, 1.807) is 6.08 Å². The maximum absolute atomic E-state index is 10.2. The number of nitrogens with two attached hydrogens (primary N) is 1. The third-order valence-electron chi connectivity index (χ3n) is 1.35. The van der Waals surface area contributed by atoms with Crippen molar-refractivity contribution >= 4 is 5.97 Å². The Labute approximate surface area is 60.5 Å². The minimum Gasteiger partial charge on any atom is -0.480 e. The van der Waals surface area contributed by atoms with Gasteiger partial charge in [0.05, 0.1) is 0 Å². The molecule has 0 unspecified atom stereocenters. The van der Waals surface area contributed by atoms with Gasteiger partial charge < -0.3 is 10.8 Å². The van der Waals surface area contributed by atoms with Gasteiger partial charge in [0.1, 0.15) is 6.04 Å². The third kappa shape index (κ3) is 3.25. The van der Waals surface area contributed by atoms with Crippen molar-refractivity contribution in [3.05, 3.63) is 12.7 Å². The van der Waals surface area contributed by atoms with E-state index in [4.69, 9.17) is 10.8 Å². The van der Waals surface area contributed by atoms with Gasteiger partial charge in [0.2, 0.25) is 0 Å². The fourth-order valence-corrected chi connectivity index (χ4v) is 0.598. The minimum absolute atomic E-state index is 0.172. The van der Waals surface area contributed by atoms with Gasteiger partial charge in [-0.3, -0.25) is 4.79 Å². The molecule has 0 aliphatic rings. The molecule has 0 heterocycles. The lowest BCUT2D eigenvalue weighted by Gasteiger charge is -2.08. The normalized spacial score (nSPS) is 15.8. The molecule has 0 aromatic carbocycles. The van der Waals surface area contributed by atoms with Gasteiger partial charge in [0, 0.05) is 0 Å². The predicted molar refractivity (Wildman–Crippen MR) is 39.6 cm³/mol. The quantitative estimate of drug-likeness (QED) is 0.567. The summed E-state index contributed by atoms with van der Waals surface area (Å²) in [7, 11) is 0. The molecule has 3 N–H and O–H groups in total. The number of hydrogen-bond donors (Lipinski definition) is 2. The van der Waals surface area contributed by atoms with Crippen LogP contribution in [0.3, 0.4) is 0 Å². The molecule has 0 rings (SSSR count). The Morgan fingerprint density at radius 1 is 1.90 bits per heavy atom. The molecular weight excluding hydrogens is 130 g/mol. The Hall–Kier alpha value is -0.830. The number of allylic oxidation sites excluding steroid dienone is 1. The van der Waals surface area contributed by atoms with E-state index in [1.807, 2.05) is 6.92 Å². The highest BCUT2D eigenvalue weighted by atomic mass is 16.4. The van der Waals surface area contributed by atoms with Crippen LogP contribution in [0.5, 0.6) is 0 Å². The summed E-state index contributed by atoms with van der Waals surface area (Å²) in [5.41, 5.74) is 5.25. The Balaban J connectivity index is 3.67. The van der Waals surface area contributed by atoms with Crippen molar-refractivity contribution in [1.82, 2.24) is 0 Å². The molecule has 2 atom stereocenters. The minimum atomic E-state index is -0.950. The first kappa shape index (κ1) is 9.17. The van der Waals surface area contributed by atoms with Crippen LogP contribution >= 0.6 is 0 Å². The highest BCUT2D eigenvalue weighted by molar-refractivity contribution is 5.73. The Kier molecular flexibility index (Phi) is 3.72. The molecule has 3 heteroatoms. The maximum Gasteiger partial charge on any atom is 0.320 e. The number of carboxylic acid groups (broad SMARTS) is 1. The van der Waals surface area contributed by atoms with Crippen molar-refractivity contribution in [3.8, 4) is 0 Å². The van der Waals surface area contributed by atoms with Crippen molar-refractivity contribution < 1.29 is 9.90 Å². The average molecular weight is 143 g/mol. The zero-order chi connectivity index (χ0) is 8.15. The lowest BCUT2D eigenvalue weighted by molar-refractivity contribution is -0.138. The smallest absolute Gasteiger partial charge is 0.320 e. The van der Waals surface area contributed by atoms with E-state index >= 15 is 0 Å². The van der Waals surface area contributed by atoms with E-state index in [9.17, 15) is 4.79 Å². The molecule has 0 fully saturated rings. The summed E-state index contributed by atoms with van der Waals surface area (Å²) in [6.45, 7) is 5.41. The highest BCUT2D eigenvalue weighted by Gasteiger charge is 2.12. The summed E-state index contributed by atoms with van der Waals surface area (Å²) in [5, 5.41) is 8.37. The Morgan fingerprint density at radius 3 is 2.70 bits per heavy atom. The second-order valence-electron chi connectivity index (χ2n) is 2.39. The Bertz CT molecular complexity index is 134. The van der Waals surface area contributed by atoms with E-state index in [0.717, 1.165) is 0 Å². The Morgan fingerprint density at radius 2 is 2.40 bits per heavy atom. The summed E-state index contributed by atoms with van der Waals surface area (Å²) in [5.74, 6) is -0.778. The van der Waals surface area contributed by atoms with Crippen LogP contribution in [-0.4, -0.2) is 17.1 Å². The summed E-state index contributed by atoms with van der Waals surface area (Å²) in [6.07, 6.45) is 2.15. The molecule has 3 nitrogen and oxygen atoms in total. The standard InChI is InChI=1S/C7H13NO2/c1-3-5(2)4-6(8)7(9)10/h3,5-6H,1,4,8H2,2H3,(H,9,10)/t5-,6-/m1/s1. The van der Waals surface area contributed by atoms with Crippen LogP contribution in [0, 0.1) is 5.92 Å². The molecule has 0 saturated carbocycles. The molecule has 0 aliphatic carbocycles. The van der Waals surface area contributed by atoms with Gasteiger partial charge in [0.15, 0.2) is 0 Å². The topological polar surface area (TPSA) is 63.3 Å². The van der Waals surface area contributed by atoms with Gasteiger partial charge in [-0.15, -0.1) is 6.58 Å². The van der Waals surface area contributed by atoms with E-state index in [0.29, 0.717) is 6.42 Å². The fraction of sp³-hybridized carbons (Fsp3) is 0.571. The van der Waals surface area contributed by atoms with Crippen LogP contribution in [-0.2, 0) is 4.79 Å². The monoisotopic (exact) mass is 143 g/mol. The van der Waals surface area contributed by atoms with Crippen molar-refractivity contribution in [2.75, 3.05) is 0 Å². The van der Waals surface area contributed by atoms with Gasteiger partial charge in [-0.05, 0) is 12.3 Å². The third-order valence-corrected chi connectivity index (χ3v) is 1.35. The number of carbonyl (C=O) groups is 1. The number of aliphatic carboxylic acids is 1. The molecule has 0 saturated heterocycles. The van der Waals surface area contributed by atoms with Crippen molar-refractivity contribution in [2.45, 2.75) is 19.4 Å². The van der Waals surface area contributed by atoms with Crippen LogP contribution in [0.1, 0.15) is 13.3 Å². The molecule has 0 aliphatic heterocycles. The predicted octanol–water partition coefficient (Wildman–Crippen LogP) is 0.611. The number of hydrogen-bond acceptors (Lipinski definition) is 2. The number of rotatable bonds is 4. The number of carboxylic acids is 1. The van der Waals surface area contributed by atoms with Crippen LogP contribution < -0.4 is 5.73 Å². The SMILES string of the molecule is C=C[C@@H](C)C[C@@H](N)C(=O)O. The molecule has 0 aromatic heterocycles. The van der Waals surface area contributed by atoms with E-state index < -0.39 is 12.0 Å². The van der Waals surface area contributed by atoms with Gasteiger partial charge >= 0.3 is 5.97 Å². The summed E-state index contributed by atoms with van der Waals surface area (Å²) < 4.78 is 0. The maximum atomic E-state index is 10.2. The van der Waals surface area contributed by atoms with Gasteiger partial charge in [-0.1, -0.05) is 13.0 Å². The van der Waals surface area contributed by atoms with Crippen LogP contribution in [0.4, 0.5) is 0 Å². The first-order valence-electron chi connectivity index (χ1n) is 3.19. The second kappa shape index (κ2) is 4.06. The van der Waals surface area contributed by atoms with Crippen LogP contribution in [0.2, 0.25) is 0 Å². The second-order valence-corrected chi connectivity index (χ2v) is 2.39. The molecule has 0 radical (unpaired) electrons. The van der Waals surface area contributed by atoms with Crippen molar-refractivity contribution in [3.63, 3.8) is 0 Å². The zero-order valence-electron chi connectivity index (χ0n) is 6.08. The molecule has 0 bridgehead atoms. The molecule has 58 valence electrons. The zero-order valence-corrected chi connectivity index (χ0v) is 6.08. The molecule has 0 amide bonds. The van der Waals surface area contributed by atoms with Gasteiger partial charge in [0.25, 0.3) is 0 Å². The van der Waals surface area contributed by atoms with E-state index in [2.05, 4.69) is 6.58 Å².